The lowest BCUT2D eigenvalue weighted by Gasteiger charge is -2.08. The van der Waals surface area contributed by atoms with Crippen LogP contribution in [-0.2, 0) is 0 Å². The van der Waals surface area contributed by atoms with E-state index < -0.39 is 0 Å². The molecule has 3 aromatic rings. The molecule has 0 spiro atoms. The van der Waals surface area contributed by atoms with Crippen LogP contribution in [0.4, 0.5) is 17.6 Å². The Bertz CT molecular complexity index is 726. The normalized spacial score (nSPS) is 10.4. The third kappa shape index (κ3) is 3.07. The van der Waals surface area contributed by atoms with Crippen LogP contribution in [0.25, 0.3) is 5.95 Å². The molecule has 0 aliphatic heterocycles. The number of aromatic nitrogens is 5. The Labute approximate surface area is 125 Å². The largest absolute Gasteiger partial charge is 0.324 e. The minimum Gasteiger partial charge on any atom is -0.324 e. The number of benzene rings is 1. The van der Waals surface area contributed by atoms with Crippen LogP contribution in [0, 0.1) is 0 Å². The first-order valence-electron chi connectivity index (χ1n) is 5.98. The Morgan fingerprint density at radius 1 is 1.05 bits per heavy atom. The van der Waals surface area contributed by atoms with Gasteiger partial charge >= 0.3 is 0 Å². The number of nitrogens with one attached hydrogen (secondary N) is 2. The van der Waals surface area contributed by atoms with Crippen molar-refractivity contribution in [3.8, 4) is 5.95 Å². The molecule has 21 heavy (non-hydrogen) atoms. The predicted octanol–water partition coefficient (Wildman–Crippen LogP) is 1.74. The van der Waals surface area contributed by atoms with E-state index in [-0.39, 0.29) is 5.95 Å². The molecule has 0 radical (unpaired) electrons. The summed E-state index contributed by atoms with van der Waals surface area (Å²) in [5, 5.41) is 3.71. The molecular formula is C12H11ClN8. The second-order valence-corrected chi connectivity index (χ2v) is 4.47. The van der Waals surface area contributed by atoms with E-state index in [1.807, 2.05) is 12.1 Å². The Balaban J connectivity index is 1.94. The van der Waals surface area contributed by atoms with Crippen LogP contribution in [0.2, 0.25) is 5.02 Å². The Kier molecular flexibility index (Phi) is 3.63. The Hall–Kier alpha value is -2.71. The van der Waals surface area contributed by atoms with E-state index >= 15 is 0 Å². The average Bonchev–Trinajstić information content (AvgIpc) is 3.04. The van der Waals surface area contributed by atoms with Crippen molar-refractivity contribution in [2.75, 3.05) is 10.7 Å². The number of nitrogen functional groups attached to an aromatic ring is 1. The van der Waals surface area contributed by atoms with Crippen molar-refractivity contribution in [3.05, 3.63) is 48.0 Å². The molecule has 8 nitrogen and oxygen atoms in total. The summed E-state index contributed by atoms with van der Waals surface area (Å²) in [6.45, 7) is 0. The topological polar surface area (TPSA) is 107 Å². The SMILES string of the molecule is NNc1nc(Nc2ccc(Cl)cc2)nc(-n2ccnc2)n1. The van der Waals surface area contributed by atoms with E-state index in [0.717, 1.165) is 5.69 Å². The summed E-state index contributed by atoms with van der Waals surface area (Å²) in [7, 11) is 0. The molecular weight excluding hydrogens is 292 g/mol. The number of nitrogens with two attached hydrogens (primary N) is 1. The smallest absolute Gasteiger partial charge is 0.243 e. The molecule has 0 aliphatic rings. The van der Waals surface area contributed by atoms with Crippen LogP contribution in [-0.4, -0.2) is 24.5 Å². The maximum atomic E-state index is 5.85. The third-order valence-electron chi connectivity index (χ3n) is 2.59. The number of anilines is 3. The number of rotatable bonds is 4. The first-order chi connectivity index (χ1) is 10.2. The van der Waals surface area contributed by atoms with Gasteiger partial charge in [-0.05, 0) is 24.3 Å². The first-order valence-corrected chi connectivity index (χ1v) is 6.36. The summed E-state index contributed by atoms with van der Waals surface area (Å²) in [4.78, 5) is 16.6. The highest BCUT2D eigenvalue weighted by Gasteiger charge is 2.07. The van der Waals surface area contributed by atoms with Crippen LogP contribution in [0.15, 0.2) is 43.0 Å². The maximum Gasteiger partial charge on any atom is 0.243 e. The van der Waals surface area contributed by atoms with Gasteiger partial charge in [0.15, 0.2) is 0 Å². The van der Waals surface area contributed by atoms with E-state index in [1.54, 1.807) is 35.4 Å². The van der Waals surface area contributed by atoms with E-state index in [2.05, 4.69) is 30.7 Å². The Morgan fingerprint density at radius 2 is 1.81 bits per heavy atom. The fourth-order valence-corrected chi connectivity index (χ4v) is 1.77. The van der Waals surface area contributed by atoms with Crippen molar-refractivity contribution in [1.29, 1.82) is 0 Å². The van der Waals surface area contributed by atoms with Crippen LogP contribution >= 0.6 is 11.6 Å². The molecule has 0 aliphatic carbocycles. The molecule has 0 unspecified atom stereocenters. The average molecular weight is 303 g/mol. The van der Waals surface area contributed by atoms with E-state index in [1.165, 1.54) is 0 Å². The van der Waals surface area contributed by atoms with Crippen molar-refractivity contribution in [2.45, 2.75) is 0 Å². The minimum atomic E-state index is 0.241. The number of hydrogen-bond donors (Lipinski definition) is 3. The second-order valence-electron chi connectivity index (χ2n) is 4.03. The highest BCUT2D eigenvalue weighted by Crippen LogP contribution is 2.17. The van der Waals surface area contributed by atoms with Crippen molar-refractivity contribution in [3.63, 3.8) is 0 Å². The monoisotopic (exact) mass is 302 g/mol. The van der Waals surface area contributed by atoms with Gasteiger partial charge in [-0.15, -0.1) is 0 Å². The molecule has 0 bridgehead atoms. The number of imidazole rings is 1. The van der Waals surface area contributed by atoms with Crippen molar-refractivity contribution in [2.24, 2.45) is 5.84 Å². The van der Waals surface area contributed by atoms with Gasteiger partial charge in [0, 0.05) is 23.1 Å². The lowest BCUT2D eigenvalue weighted by molar-refractivity contribution is 0.898. The zero-order valence-corrected chi connectivity index (χ0v) is 11.5. The fourth-order valence-electron chi connectivity index (χ4n) is 1.64. The van der Waals surface area contributed by atoms with E-state index in [0.29, 0.717) is 16.9 Å². The fraction of sp³-hybridized carbons (Fsp3) is 0. The molecule has 0 fully saturated rings. The van der Waals surface area contributed by atoms with Crippen molar-refractivity contribution < 1.29 is 0 Å². The lowest BCUT2D eigenvalue weighted by Crippen LogP contribution is -2.14. The van der Waals surface area contributed by atoms with Gasteiger partial charge in [0.25, 0.3) is 0 Å². The minimum absolute atomic E-state index is 0.241. The Morgan fingerprint density at radius 3 is 2.48 bits per heavy atom. The van der Waals surface area contributed by atoms with Gasteiger partial charge in [-0.3, -0.25) is 9.99 Å². The van der Waals surface area contributed by atoms with Crippen LogP contribution in [0.1, 0.15) is 0 Å². The highest BCUT2D eigenvalue weighted by molar-refractivity contribution is 6.30. The summed E-state index contributed by atoms with van der Waals surface area (Å²) in [5.41, 5.74) is 3.20. The summed E-state index contributed by atoms with van der Waals surface area (Å²) in [6.07, 6.45) is 4.94. The molecule has 0 atom stereocenters. The molecule has 106 valence electrons. The number of hydrazine groups is 1. The lowest BCUT2D eigenvalue weighted by atomic mass is 10.3. The predicted molar refractivity (Wildman–Crippen MR) is 79.5 cm³/mol. The number of hydrogen-bond acceptors (Lipinski definition) is 7. The standard InChI is InChI=1S/C12H11ClN8/c13-8-1-3-9(4-2-8)16-10-17-11(20-14)19-12(18-10)21-6-5-15-7-21/h1-7H,14H2,(H2,16,17,18,19,20). The molecule has 0 amide bonds. The van der Waals surface area contributed by atoms with Gasteiger partial charge in [0.05, 0.1) is 0 Å². The van der Waals surface area contributed by atoms with E-state index in [9.17, 15) is 0 Å². The zero-order valence-electron chi connectivity index (χ0n) is 10.7. The summed E-state index contributed by atoms with van der Waals surface area (Å²) in [5.74, 6) is 6.37. The van der Waals surface area contributed by atoms with Crippen LogP contribution in [0.3, 0.4) is 0 Å². The maximum absolute atomic E-state index is 5.85. The molecule has 3 rings (SSSR count). The van der Waals surface area contributed by atoms with Crippen molar-refractivity contribution in [1.82, 2.24) is 24.5 Å². The van der Waals surface area contributed by atoms with E-state index in [4.69, 9.17) is 17.4 Å². The molecule has 0 saturated heterocycles. The summed E-state index contributed by atoms with van der Waals surface area (Å²) < 4.78 is 1.65. The van der Waals surface area contributed by atoms with Gasteiger partial charge in [-0.25, -0.2) is 10.8 Å². The number of nitrogens with zero attached hydrogens (tertiary/aromatic N) is 5. The molecule has 2 aromatic heterocycles. The third-order valence-corrected chi connectivity index (χ3v) is 2.84. The molecule has 0 saturated carbocycles. The highest BCUT2D eigenvalue weighted by atomic mass is 35.5. The summed E-state index contributed by atoms with van der Waals surface area (Å²) >= 11 is 5.85. The van der Waals surface area contributed by atoms with Crippen LogP contribution < -0.4 is 16.6 Å². The first kappa shape index (κ1) is 13.3. The van der Waals surface area contributed by atoms with Crippen LogP contribution in [0.5, 0.6) is 0 Å². The van der Waals surface area contributed by atoms with Gasteiger partial charge < -0.3 is 5.32 Å². The van der Waals surface area contributed by atoms with Crippen molar-refractivity contribution >= 4 is 29.2 Å². The second kappa shape index (κ2) is 5.73. The van der Waals surface area contributed by atoms with Gasteiger partial charge in [-0.2, -0.15) is 15.0 Å². The zero-order chi connectivity index (χ0) is 14.7. The molecule has 1 aromatic carbocycles. The molecule has 2 heterocycles. The quantitative estimate of drug-likeness (QED) is 0.498. The van der Waals surface area contributed by atoms with Gasteiger partial charge in [0.2, 0.25) is 17.8 Å². The molecule has 4 N–H and O–H groups in total. The number of halogens is 1. The molecule has 9 heteroatoms. The van der Waals surface area contributed by atoms with Gasteiger partial charge in [0.1, 0.15) is 6.33 Å². The van der Waals surface area contributed by atoms with Gasteiger partial charge in [-0.1, -0.05) is 11.6 Å². The summed E-state index contributed by atoms with van der Waals surface area (Å²) in [6, 6.07) is 7.17.